The van der Waals surface area contributed by atoms with E-state index < -0.39 is 10.8 Å². The molecule has 2 aromatic rings. The molecular formula is C9H8N4OS. The summed E-state index contributed by atoms with van der Waals surface area (Å²) in [5.74, 6) is 0.441. The van der Waals surface area contributed by atoms with E-state index in [-0.39, 0.29) is 5.16 Å². The Hall–Kier alpha value is -1.69. The van der Waals surface area contributed by atoms with Gasteiger partial charge in [-0.3, -0.25) is 9.19 Å². The third-order valence-electron chi connectivity index (χ3n) is 1.70. The van der Waals surface area contributed by atoms with Gasteiger partial charge >= 0.3 is 0 Å². The van der Waals surface area contributed by atoms with Crippen LogP contribution in [0.5, 0.6) is 0 Å². The first-order valence-corrected chi connectivity index (χ1v) is 5.77. The Morgan fingerprint density at radius 2 is 2.07 bits per heavy atom. The van der Waals surface area contributed by atoms with Crippen LogP contribution < -0.4 is 0 Å². The van der Waals surface area contributed by atoms with Crippen molar-refractivity contribution in [2.75, 3.05) is 6.26 Å². The quantitative estimate of drug-likeness (QED) is 0.744. The highest BCUT2D eigenvalue weighted by atomic mass is 32.2. The zero-order valence-electron chi connectivity index (χ0n) is 7.99. The number of hydrogen-bond acceptors (Lipinski definition) is 5. The molecule has 15 heavy (non-hydrogen) atoms. The summed E-state index contributed by atoms with van der Waals surface area (Å²) in [6.07, 6.45) is 4.52. The summed E-state index contributed by atoms with van der Waals surface area (Å²) in [5.41, 5.74) is 0.645. The van der Waals surface area contributed by atoms with Crippen LogP contribution in [0.3, 0.4) is 0 Å². The van der Waals surface area contributed by atoms with Crippen LogP contribution >= 0.6 is 0 Å². The summed E-state index contributed by atoms with van der Waals surface area (Å²) in [4.78, 5) is 15.9. The molecule has 76 valence electrons. The van der Waals surface area contributed by atoms with Gasteiger partial charge < -0.3 is 0 Å². The van der Waals surface area contributed by atoms with Crippen molar-refractivity contribution < 1.29 is 4.21 Å². The van der Waals surface area contributed by atoms with Crippen molar-refractivity contribution in [3.8, 4) is 11.5 Å². The van der Waals surface area contributed by atoms with Crippen LogP contribution in [0.1, 0.15) is 0 Å². The second-order valence-corrected chi connectivity index (χ2v) is 4.03. The Morgan fingerprint density at radius 1 is 1.20 bits per heavy atom. The van der Waals surface area contributed by atoms with Crippen molar-refractivity contribution in [3.63, 3.8) is 0 Å². The maximum atomic E-state index is 11.2. The molecule has 0 aromatic carbocycles. The van der Waals surface area contributed by atoms with Gasteiger partial charge in [0.1, 0.15) is 12.0 Å². The molecule has 0 aliphatic carbocycles. The number of pyridine rings is 1. The molecule has 2 heterocycles. The van der Waals surface area contributed by atoms with Gasteiger partial charge in [-0.1, -0.05) is 6.07 Å². The highest BCUT2D eigenvalue weighted by Gasteiger charge is 2.06. The molecule has 1 unspecified atom stereocenters. The maximum absolute atomic E-state index is 11.2. The Morgan fingerprint density at radius 3 is 2.73 bits per heavy atom. The third kappa shape index (κ3) is 2.21. The lowest BCUT2D eigenvalue weighted by Gasteiger charge is -1.99. The molecule has 5 nitrogen and oxygen atoms in total. The van der Waals surface area contributed by atoms with E-state index in [1.165, 1.54) is 12.6 Å². The normalized spacial score (nSPS) is 12.3. The second-order valence-electron chi connectivity index (χ2n) is 2.76. The molecule has 2 aromatic heterocycles. The van der Waals surface area contributed by atoms with Crippen LogP contribution in [0, 0.1) is 0 Å². The summed E-state index contributed by atoms with van der Waals surface area (Å²) in [5, 5.41) is 0.269. The number of hydrogen-bond donors (Lipinski definition) is 0. The Kier molecular flexibility index (Phi) is 2.77. The molecular weight excluding hydrogens is 212 g/mol. The van der Waals surface area contributed by atoms with Gasteiger partial charge in [0.25, 0.3) is 0 Å². The van der Waals surface area contributed by atoms with Crippen LogP contribution in [0.2, 0.25) is 0 Å². The van der Waals surface area contributed by atoms with Crippen molar-refractivity contribution in [1.29, 1.82) is 0 Å². The summed E-state index contributed by atoms with van der Waals surface area (Å²) in [6.45, 7) is 0. The fourth-order valence-electron chi connectivity index (χ4n) is 1.04. The van der Waals surface area contributed by atoms with E-state index >= 15 is 0 Å². The van der Waals surface area contributed by atoms with Crippen molar-refractivity contribution in [3.05, 3.63) is 30.7 Å². The van der Waals surface area contributed by atoms with Gasteiger partial charge in [-0.2, -0.15) is 4.98 Å². The minimum Gasteiger partial charge on any atom is -0.253 e. The molecule has 0 spiro atoms. The smallest absolute Gasteiger partial charge is 0.221 e. The van der Waals surface area contributed by atoms with Crippen molar-refractivity contribution in [2.45, 2.75) is 5.16 Å². The van der Waals surface area contributed by atoms with Crippen LogP contribution in [0.25, 0.3) is 11.5 Å². The molecule has 0 fully saturated rings. The first kappa shape index (κ1) is 9.85. The molecule has 0 saturated carbocycles. The highest BCUT2D eigenvalue weighted by Crippen LogP contribution is 2.09. The number of rotatable bonds is 2. The minimum absolute atomic E-state index is 0.269. The first-order valence-electron chi connectivity index (χ1n) is 4.21. The average molecular weight is 220 g/mol. The monoisotopic (exact) mass is 220 g/mol. The lowest BCUT2D eigenvalue weighted by atomic mass is 10.3. The van der Waals surface area contributed by atoms with Gasteiger partial charge in [-0.05, 0) is 12.1 Å². The van der Waals surface area contributed by atoms with E-state index in [0.29, 0.717) is 11.5 Å². The van der Waals surface area contributed by atoms with Crippen LogP contribution in [-0.2, 0) is 10.8 Å². The van der Waals surface area contributed by atoms with Gasteiger partial charge in [0.05, 0.1) is 10.8 Å². The Bertz CT molecular complexity index is 488. The molecule has 0 bridgehead atoms. The maximum Gasteiger partial charge on any atom is 0.221 e. The topological polar surface area (TPSA) is 68.6 Å². The zero-order chi connectivity index (χ0) is 10.7. The van der Waals surface area contributed by atoms with Gasteiger partial charge in [0, 0.05) is 12.5 Å². The van der Waals surface area contributed by atoms with Crippen molar-refractivity contribution in [2.24, 2.45) is 0 Å². The molecule has 6 heteroatoms. The predicted molar refractivity (Wildman–Crippen MR) is 55.4 cm³/mol. The largest absolute Gasteiger partial charge is 0.253 e. The molecule has 2 rings (SSSR count). The van der Waals surface area contributed by atoms with Crippen LogP contribution in [-0.4, -0.2) is 30.4 Å². The zero-order valence-corrected chi connectivity index (χ0v) is 8.81. The third-order valence-corrected chi connectivity index (χ3v) is 2.41. The lowest BCUT2D eigenvalue weighted by molar-refractivity contribution is 0.678. The van der Waals surface area contributed by atoms with E-state index in [1.807, 2.05) is 12.1 Å². The summed E-state index contributed by atoms with van der Waals surface area (Å²) >= 11 is 0. The predicted octanol–water partition coefficient (Wildman–Crippen LogP) is 0.671. The van der Waals surface area contributed by atoms with E-state index in [2.05, 4.69) is 19.9 Å². The summed E-state index contributed by atoms with van der Waals surface area (Å²) in [7, 11) is -1.20. The number of aromatic nitrogens is 4. The fraction of sp³-hybridized carbons (Fsp3) is 0.111. The van der Waals surface area contributed by atoms with Gasteiger partial charge in [-0.25, -0.2) is 9.97 Å². The van der Waals surface area contributed by atoms with E-state index in [9.17, 15) is 4.21 Å². The molecule has 0 aliphatic heterocycles. The average Bonchev–Trinajstić information content (AvgIpc) is 2.30. The van der Waals surface area contributed by atoms with Crippen molar-refractivity contribution >= 4 is 10.8 Å². The standard InChI is InChI=1S/C9H8N4OS/c1-15(14)9-12-6-11-8(13-9)7-4-2-3-5-10-7/h2-6H,1H3. The van der Waals surface area contributed by atoms with E-state index in [0.717, 1.165) is 0 Å². The SMILES string of the molecule is CS(=O)c1ncnc(-c2ccccn2)n1. The summed E-state index contributed by atoms with van der Waals surface area (Å²) < 4.78 is 11.2. The lowest BCUT2D eigenvalue weighted by Crippen LogP contribution is -2.00. The molecule has 0 radical (unpaired) electrons. The van der Waals surface area contributed by atoms with Gasteiger partial charge in [-0.15, -0.1) is 0 Å². The molecule has 0 N–H and O–H groups in total. The number of nitrogens with zero attached hydrogens (tertiary/aromatic N) is 4. The summed E-state index contributed by atoms with van der Waals surface area (Å²) in [6, 6.07) is 5.44. The van der Waals surface area contributed by atoms with E-state index in [1.54, 1.807) is 12.3 Å². The Balaban J connectivity index is 2.46. The molecule has 0 saturated heterocycles. The van der Waals surface area contributed by atoms with Crippen molar-refractivity contribution in [1.82, 2.24) is 19.9 Å². The first-order chi connectivity index (χ1) is 7.27. The fourth-order valence-corrected chi connectivity index (χ4v) is 1.45. The highest BCUT2D eigenvalue weighted by molar-refractivity contribution is 7.84. The molecule has 0 amide bonds. The van der Waals surface area contributed by atoms with Gasteiger partial charge in [0.15, 0.2) is 5.82 Å². The second kappa shape index (κ2) is 4.22. The van der Waals surface area contributed by atoms with Crippen LogP contribution in [0.15, 0.2) is 35.9 Å². The minimum atomic E-state index is -1.20. The molecule has 0 aliphatic rings. The molecule has 1 atom stereocenters. The Labute approximate surface area is 89.1 Å². The van der Waals surface area contributed by atoms with Crippen LogP contribution in [0.4, 0.5) is 0 Å². The van der Waals surface area contributed by atoms with E-state index in [4.69, 9.17) is 0 Å². The van der Waals surface area contributed by atoms with Gasteiger partial charge in [0.2, 0.25) is 5.16 Å².